The summed E-state index contributed by atoms with van der Waals surface area (Å²) in [5.74, 6) is 1.90. The van der Waals surface area contributed by atoms with Gasteiger partial charge < -0.3 is 16.4 Å². The van der Waals surface area contributed by atoms with Crippen molar-refractivity contribution in [2.45, 2.75) is 58.9 Å². The molecule has 108 valence electrons. The van der Waals surface area contributed by atoms with Gasteiger partial charge in [-0.2, -0.15) is 9.97 Å². The highest BCUT2D eigenvalue weighted by Gasteiger charge is 2.06. The normalized spacial score (nSPS) is 12.2. The Bertz CT molecular complexity index is 367. The molecule has 5 heteroatoms. The maximum Gasteiger partial charge on any atom is 0.223 e. The molecular weight excluding hydrogens is 238 g/mol. The molecule has 1 atom stereocenters. The van der Waals surface area contributed by atoms with Crippen molar-refractivity contribution in [3.63, 3.8) is 0 Å². The molecule has 0 saturated heterocycles. The number of hydrogen-bond acceptors (Lipinski definition) is 5. The number of aromatic nitrogens is 2. The molecule has 0 aliphatic rings. The smallest absolute Gasteiger partial charge is 0.223 e. The van der Waals surface area contributed by atoms with Gasteiger partial charge in [-0.25, -0.2) is 0 Å². The van der Waals surface area contributed by atoms with Gasteiger partial charge >= 0.3 is 0 Å². The Morgan fingerprint density at radius 3 is 2.58 bits per heavy atom. The SMILES string of the molecule is CCCCCC(C)Nc1cc(NCCC)nc(N)n1. The van der Waals surface area contributed by atoms with Gasteiger partial charge in [0.2, 0.25) is 5.95 Å². The third kappa shape index (κ3) is 6.27. The summed E-state index contributed by atoms with van der Waals surface area (Å²) in [5, 5.41) is 6.62. The largest absolute Gasteiger partial charge is 0.370 e. The lowest BCUT2D eigenvalue weighted by Gasteiger charge is -2.15. The van der Waals surface area contributed by atoms with E-state index in [9.17, 15) is 0 Å². The minimum atomic E-state index is 0.310. The standard InChI is InChI=1S/C14H27N5/c1-4-6-7-8-11(3)17-13-10-12(16-9-5-2)18-14(15)19-13/h10-11H,4-9H2,1-3H3,(H4,15,16,17,18,19). The molecule has 0 radical (unpaired) electrons. The zero-order valence-electron chi connectivity index (χ0n) is 12.4. The molecule has 1 aromatic heterocycles. The molecule has 19 heavy (non-hydrogen) atoms. The summed E-state index contributed by atoms with van der Waals surface area (Å²) in [6, 6.07) is 2.32. The minimum absolute atomic E-state index is 0.310. The molecule has 0 spiro atoms. The number of rotatable bonds is 9. The van der Waals surface area contributed by atoms with E-state index in [1.807, 2.05) is 6.07 Å². The first kappa shape index (κ1) is 15.5. The number of hydrogen-bond donors (Lipinski definition) is 3. The average Bonchev–Trinajstić information content (AvgIpc) is 2.36. The second-order valence-electron chi connectivity index (χ2n) is 4.96. The van der Waals surface area contributed by atoms with Gasteiger partial charge in [0.1, 0.15) is 11.6 Å². The summed E-state index contributed by atoms with van der Waals surface area (Å²) in [6.07, 6.45) is 5.97. The molecule has 1 unspecified atom stereocenters. The summed E-state index contributed by atoms with van der Waals surface area (Å²) < 4.78 is 0. The van der Waals surface area contributed by atoms with Gasteiger partial charge in [-0.15, -0.1) is 0 Å². The second kappa shape index (κ2) is 8.56. The lowest BCUT2D eigenvalue weighted by molar-refractivity contribution is 0.614. The second-order valence-corrected chi connectivity index (χ2v) is 4.96. The fourth-order valence-corrected chi connectivity index (χ4v) is 1.91. The Hall–Kier alpha value is -1.52. The molecule has 4 N–H and O–H groups in total. The van der Waals surface area contributed by atoms with Crippen LogP contribution in [-0.2, 0) is 0 Å². The number of nitrogen functional groups attached to an aromatic ring is 1. The van der Waals surface area contributed by atoms with Gasteiger partial charge in [-0.1, -0.05) is 33.1 Å². The zero-order valence-corrected chi connectivity index (χ0v) is 12.4. The summed E-state index contributed by atoms with van der Waals surface area (Å²) in [7, 11) is 0. The van der Waals surface area contributed by atoms with E-state index >= 15 is 0 Å². The van der Waals surface area contributed by atoms with Crippen LogP contribution in [0.3, 0.4) is 0 Å². The van der Waals surface area contributed by atoms with Crippen LogP contribution in [0.5, 0.6) is 0 Å². The third-order valence-corrected chi connectivity index (χ3v) is 2.93. The Morgan fingerprint density at radius 1 is 1.16 bits per heavy atom. The topological polar surface area (TPSA) is 75.9 Å². The van der Waals surface area contributed by atoms with Crippen LogP contribution in [-0.4, -0.2) is 22.6 Å². The fourth-order valence-electron chi connectivity index (χ4n) is 1.91. The van der Waals surface area contributed by atoms with Crippen molar-refractivity contribution in [3.8, 4) is 0 Å². The molecule has 0 saturated carbocycles. The lowest BCUT2D eigenvalue weighted by atomic mass is 10.1. The Morgan fingerprint density at radius 2 is 1.89 bits per heavy atom. The van der Waals surface area contributed by atoms with Gasteiger partial charge in [0.15, 0.2) is 0 Å². The molecule has 1 aromatic rings. The van der Waals surface area contributed by atoms with Crippen molar-refractivity contribution in [2.24, 2.45) is 0 Å². The highest BCUT2D eigenvalue weighted by molar-refractivity contribution is 5.51. The molecule has 0 aliphatic heterocycles. The molecule has 5 nitrogen and oxygen atoms in total. The van der Waals surface area contributed by atoms with Crippen LogP contribution in [0, 0.1) is 0 Å². The van der Waals surface area contributed by atoms with E-state index < -0.39 is 0 Å². The number of nitrogens with zero attached hydrogens (tertiary/aromatic N) is 2. The first-order valence-electron chi connectivity index (χ1n) is 7.30. The minimum Gasteiger partial charge on any atom is -0.370 e. The Kier molecular flexibility index (Phi) is 7.00. The van der Waals surface area contributed by atoms with Crippen LogP contribution < -0.4 is 16.4 Å². The summed E-state index contributed by atoms with van der Waals surface area (Å²) in [6.45, 7) is 7.40. The first-order valence-corrected chi connectivity index (χ1v) is 7.30. The molecular formula is C14H27N5. The van der Waals surface area contributed by atoms with Crippen LogP contribution in [0.2, 0.25) is 0 Å². The highest BCUT2D eigenvalue weighted by atomic mass is 15.1. The molecule has 0 fully saturated rings. The molecule has 1 rings (SSSR count). The van der Waals surface area contributed by atoms with Crippen molar-refractivity contribution in [1.29, 1.82) is 0 Å². The molecule has 0 amide bonds. The summed E-state index contributed by atoms with van der Waals surface area (Å²) >= 11 is 0. The molecule has 0 bridgehead atoms. The molecule has 0 aliphatic carbocycles. The van der Waals surface area contributed by atoms with Crippen molar-refractivity contribution in [3.05, 3.63) is 6.07 Å². The third-order valence-electron chi connectivity index (χ3n) is 2.93. The van der Waals surface area contributed by atoms with Crippen LogP contribution in [0.15, 0.2) is 6.07 Å². The summed E-state index contributed by atoms with van der Waals surface area (Å²) in [4.78, 5) is 8.40. The van der Waals surface area contributed by atoms with E-state index in [0.29, 0.717) is 12.0 Å². The van der Waals surface area contributed by atoms with Crippen molar-refractivity contribution in [1.82, 2.24) is 9.97 Å². The highest BCUT2D eigenvalue weighted by Crippen LogP contribution is 2.15. The zero-order chi connectivity index (χ0) is 14.1. The number of nitrogens with one attached hydrogen (secondary N) is 2. The lowest BCUT2D eigenvalue weighted by Crippen LogP contribution is -2.17. The van der Waals surface area contributed by atoms with E-state index in [-0.39, 0.29) is 0 Å². The Labute approximate surface area is 116 Å². The van der Waals surface area contributed by atoms with Crippen molar-refractivity contribution < 1.29 is 0 Å². The van der Waals surface area contributed by atoms with Crippen LogP contribution in [0.25, 0.3) is 0 Å². The van der Waals surface area contributed by atoms with Crippen LogP contribution in [0.1, 0.15) is 52.9 Å². The maximum absolute atomic E-state index is 5.73. The van der Waals surface area contributed by atoms with Crippen molar-refractivity contribution in [2.75, 3.05) is 22.9 Å². The van der Waals surface area contributed by atoms with Gasteiger partial charge in [0, 0.05) is 18.7 Å². The monoisotopic (exact) mass is 265 g/mol. The van der Waals surface area contributed by atoms with E-state index in [0.717, 1.165) is 31.0 Å². The molecule has 1 heterocycles. The van der Waals surface area contributed by atoms with E-state index in [2.05, 4.69) is 41.4 Å². The number of unbranched alkanes of at least 4 members (excludes halogenated alkanes) is 2. The number of anilines is 3. The van der Waals surface area contributed by atoms with Gasteiger partial charge in [-0.3, -0.25) is 0 Å². The van der Waals surface area contributed by atoms with Gasteiger partial charge in [0.25, 0.3) is 0 Å². The van der Waals surface area contributed by atoms with E-state index in [1.54, 1.807) is 0 Å². The quantitative estimate of drug-likeness (QED) is 0.597. The number of nitrogens with two attached hydrogens (primary N) is 1. The van der Waals surface area contributed by atoms with Gasteiger partial charge in [-0.05, 0) is 19.8 Å². The fraction of sp³-hybridized carbons (Fsp3) is 0.714. The van der Waals surface area contributed by atoms with Crippen LogP contribution in [0.4, 0.5) is 17.6 Å². The average molecular weight is 265 g/mol. The predicted molar refractivity (Wildman–Crippen MR) is 82.5 cm³/mol. The maximum atomic E-state index is 5.73. The Balaban J connectivity index is 2.54. The van der Waals surface area contributed by atoms with E-state index in [1.165, 1.54) is 19.3 Å². The molecule has 0 aromatic carbocycles. The first-order chi connectivity index (χ1) is 9.15. The van der Waals surface area contributed by atoms with Crippen molar-refractivity contribution >= 4 is 17.6 Å². The van der Waals surface area contributed by atoms with Crippen LogP contribution >= 0.6 is 0 Å². The summed E-state index contributed by atoms with van der Waals surface area (Å²) in [5.41, 5.74) is 5.73. The van der Waals surface area contributed by atoms with Gasteiger partial charge in [0.05, 0.1) is 0 Å². The van der Waals surface area contributed by atoms with E-state index in [4.69, 9.17) is 5.73 Å². The predicted octanol–water partition coefficient (Wildman–Crippen LogP) is 3.26.